The lowest BCUT2D eigenvalue weighted by Crippen LogP contribution is -2.34. The first-order valence-corrected chi connectivity index (χ1v) is 6.49. The minimum Gasteiger partial charge on any atom is -0.455 e. The van der Waals surface area contributed by atoms with Crippen LogP contribution < -0.4 is 0 Å². The summed E-state index contributed by atoms with van der Waals surface area (Å²) in [6, 6.07) is 0. The average Bonchev–Trinajstić information content (AvgIpc) is 2.57. The SMILES string of the molecule is CCCC1[C@H](OC(C)=O)C(OC(C)=O)O[C@@H]1CC. The highest BCUT2D eigenvalue weighted by atomic mass is 16.7. The molecule has 0 spiro atoms. The van der Waals surface area contributed by atoms with Gasteiger partial charge in [0.05, 0.1) is 6.10 Å². The van der Waals surface area contributed by atoms with Crippen LogP contribution in [0.15, 0.2) is 0 Å². The van der Waals surface area contributed by atoms with E-state index < -0.39 is 18.4 Å². The molecule has 0 N–H and O–H groups in total. The molecule has 0 aromatic rings. The Morgan fingerprint density at radius 2 is 1.72 bits per heavy atom. The molecule has 1 fully saturated rings. The number of hydrogen-bond donors (Lipinski definition) is 0. The Bertz CT molecular complexity index is 302. The summed E-state index contributed by atoms with van der Waals surface area (Å²) in [6.45, 7) is 6.75. The predicted octanol–water partition coefficient (Wildman–Crippen LogP) is 2.03. The van der Waals surface area contributed by atoms with Gasteiger partial charge in [0.1, 0.15) is 0 Å². The molecule has 0 aromatic heterocycles. The van der Waals surface area contributed by atoms with Crippen molar-refractivity contribution in [1.29, 1.82) is 0 Å². The van der Waals surface area contributed by atoms with E-state index in [1.165, 1.54) is 13.8 Å². The summed E-state index contributed by atoms with van der Waals surface area (Å²) in [5.74, 6) is -0.712. The number of carbonyl (C=O) groups is 2. The molecule has 5 heteroatoms. The lowest BCUT2D eigenvalue weighted by Gasteiger charge is -2.22. The summed E-state index contributed by atoms with van der Waals surface area (Å²) in [6.07, 6.45) is 1.37. The number of rotatable bonds is 5. The number of ether oxygens (including phenoxy) is 3. The Morgan fingerprint density at radius 3 is 2.17 bits per heavy atom. The smallest absolute Gasteiger partial charge is 0.305 e. The molecule has 0 bridgehead atoms. The van der Waals surface area contributed by atoms with Crippen molar-refractivity contribution in [3.8, 4) is 0 Å². The van der Waals surface area contributed by atoms with E-state index in [2.05, 4.69) is 6.92 Å². The van der Waals surface area contributed by atoms with E-state index in [-0.39, 0.29) is 18.0 Å². The molecule has 1 saturated heterocycles. The van der Waals surface area contributed by atoms with Crippen molar-refractivity contribution < 1.29 is 23.8 Å². The van der Waals surface area contributed by atoms with Gasteiger partial charge in [-0.3, -0.25) is 9.59 Å². The third kappa shape index (κ3) is 3.70. The highest BCUT2D eigenvalue weighted by Gasteiger charge is 2.47. The van der Waals surface area contributed by atoms with Crippen molar-refractivity contribution in [3.63, 3.8) is 0 Å². The first-order chi connectivity index (χ1) is 8.49. The molecule has 1 aliphatic heterocycles. The van der Waals surface area contributed by atoms with Crippen LogP contribution in [0.3, 0.4) is 0 Å². The molecule has 0 amide bonds. The predicted molar refractivity (Wildman–Crippen MR) is 64.7 cm³/mol. The summed E-state index contributed by atoms with van der Waals surface area (Å²) < 4.78 is 16.1. The van der Waals surface area contributed by atoms with Gasteiger partial charge in [-0.25, -0.2) is 0 Å². The van der Waals surface area contributed by atoms with Crippen LogP contribution in [0, 0.1) is 5.92 Å². The Hall–Kier alpha value is -1.10. The maximum absolute atomic E-state index is 11.2. The molecular weight excluding hydrogens is 236 g/mol. The van der Waals surface area contributed by atoms with Crippen molar-refractivity contribution >= 4 is 11.9 Å². The van der Waals surface area contributed by atoms with E-state index in [0.717, 1.165) is 19.3 Å². The zero-order valence-corrected chi connectivity index (χ0v) is 11.5. The summed E-state index contributed by atoms with van der Waals surface area (Å²) >= 11 is 0. The minimum absolute atomic E-state index is 0.0290. The van der Waals surface area contributed by atoms with Crippen molar-refractivity contribution in [1.82, 2.24) is 0 Å². The van der Waals surface area contributed by atoms with Crippen LogP contribution in [-0.4, -0.2) is 30.4 Å². The largest absolute Gasteiger partial charge is 0.455 e. The van der Waals surface area contributed by atoms with Crippen LogP contribution in [0.5, 0.6) is 0 Å². The maximum Gasteiger partial charge on any atom is 0.305 e. The lowest BCUT2D eigenvalue weighted by atomic mass is 9.92. The molecule has 1 aliphatic rings. The summed E-state index contributed by atoms with van der Waals surface area (Å²) in [7, 11) is 0. The van der Waals surface area contributed by atoms with E-state index in [4.69, 9.17) is 14.2 Å². The fourth-order valence-electron chi connectivity index (χ4n) is 2.44. The molecule has 18 heavy (non-hydrogen) atoms. The van der Waals surface area contributed by atoms with Crippen molar-refractivity contribution in [2.45, 2.75) is 65.5 Å². The maximum atomic E-state index is 11.2. The van der Waals surface area contributed by atoms with Gasteiger partial charge in [-0.2, -0.15) is 0 Å². The van der Waals surface area contributed by atoms with E-state index >= 15 is 0 Å². The van der Waals surface area contributed by atoms with E-state index in [1.54, 1.807) is 0 Å². The second-order valence-electron chi connectivity index (χ2n) is 4.59. The molecule has 0 aliphatic carbocycles. The molecule has 104 valence electrons. The molecule has 5 nitrogen and oxygen atoms in total. The van der Waals surface area contributed by atoms with Gasteiger partial charge in [0, 0.05) is 19.8 Å². The molecule has 1 heterocycles. The van der Waals surface area contributed by atoms with Crippen LogP contribution >= 0.6 is 0 Å². The van der Waals surface area contributed by atoms with E-state index in [0.29, 0.717) is 0 Å². The summed E-state index contributed by atoms with van der Waals surface area (Å²) in [5.41, 5.74) is 0. The summed E-state index contributed by atoms with van der Waals surface area (Å²) in [5, 5.41) is 0. The first kappa shape index (κ1) is 15.0. The quantitative estimate of drug-likeness (QED) is 0.706. The van der Waals surface area contributed by atoms with Crippen LogP contribution in [0.1, 0.15) is 47.0 Å². The van der Waals surface area contributed by atoms with Gasteiger partial charge in [-0.05, 0) is 12.8 Å². The Balaban J connectivity index is 2.82. The van der Waals surface area contributed by atoms with E-state index in [9.17, 15) is 9.59 Å². The first-order valence-electron chi connectivity index (χ1n) is 6.49. The van der Waals surface area contributed by atoms with Crippen molar-refractivity contribution in [2.24, 2.45) is 5.92 Å². The molecule has 4 atom stereocenters. The molecule has 2 unspecified atom stereocenters. The third-order valence-corrected chi connectivity index (χ3v) is 3.09. The number of hydrogen-bond acceptors (Lipinski definition) is 5. The van der Waals surface area contributed by atoms with Crippen LogP contribution in [0.25, 0.3) is 0 Å². The summed E-state index contributed by atoms with van der Waals surface area (Å²) in [4.78, 5) is 22.2. The van der Waals surface area contributed by atoms with Gasteiger partial charge < -0.3 is 14.2 Å². The molecule has 0 saturated carbocycles. The fraction of sp³-hybridized carbons (Fsp3) is 0.846. The van der Waals surface area contributed by atoms with Gasteiger partial charge in [-0.1, -0.05) is 20.3 Å². The Morgan fingerprint density at radius 1 is 1.11 bits per heavy atom. The minimum atomic E-state index is -0.770. The zero-order chi connectivity index (χ0) is 13.7. The standard InChI is InChI=1S/C13H22O5/c1-5-7-10-11(6-2)18-13(17-9(4)15)12(10)16-8(3)14/h10-13H,5-7H2,1-4H3/t10?,11-,12+,13?/m1/s1. The number of carbonyl (C=O) groups excluding carboxylic acids is 2. The van der Waals surface area contributed by atoms with Crippen molar-refractivity contribution in [3.05, 3.63) is 0 Å². The monoisotopic (exact) mass is 258 g/mol. The van der Waals surface area contributed by atoms with Crippen molar-refractivity contribution in [2.75, 3.05) is 0 Å². The van der Waals surface area contributed by atoms with Gasteiger partial charge in [-0.15, -0.1) is 0 Å². The Kier molecular flexibility index (Phi) is 5.59. The molecule has 0 aromatic carbocycles. The van der Waals surface area contributed by atoms with Crippen LogP contribution in [-0.2, 0) is 23.8 Å². The topological polar surface area (TPSA) is 61.8 Å². The second kappa shape index (κ2) is 6.73. The Labute approximate surface area is 108 Å². The molecular formula is C13H22O5. The van der Waals surface area contributed by atoms with Gasteiger partial charge in [0.15, 0.2) is 6.10 Å². The third-order valence-electron chi connectivity index (χ3n) is 3.09. The second-order valence-corrected chi connectivity index (χ2v) is 4.59. The number of esters is 2. The van der Waals surface area contributed by atoms with E-state index in [1.807, 2.05) is 6.92 Å². The zero-order valence-electron chi connectivity index (χ0n) is 11.5. The van der Waals surface area contributed by atoms with Gasteiger partial charge in [0.25, 0.3) is 0 Å². The molecule has 0 radical (unpaired) electrons. The fourth-order valence-corrected chi connectivity index (χ4v) is 2.44. The van der Waals surface area contributed by atoms with Gasteiger partial charge >= 0.3 is 11.9 Å². The highest BCUT2D eigenvalue weighted by Crippen LogP contribution is 2.35. The van der Waals surface area contributed by atoms with Crippen LogP contribution in [0.4, 0.5) is 0 Å². The lowest BCUT2D eigenvalue weighted by molar-refractivity contribution is -0.194. The average molecular weight is 258 g/mol. The van der Waals surface area contributed by atoms with Crippen LogP contribution in [0.2, 0.25) is 0 Å². The molecule has 1 rings (SSSR count). The normalized spacial score (nSPS) is 31.1. The van der Waals surface area contributed by atoms with Gasteiger partial charge in [0.2, 0.25) is 6.29 Å². The highest BCUT2D eigenvalue weighted by molar-refractivity contribution is 5.67.